The molecule has 4 atom stereocenters. The van der Waals surface area contributed by atoms with Gasteiger partial charge in [0.05, 0.1) is 37.2 Å². The maximum absolute atomic E-state index is 13.7. The van der Waals surface area contributed by atoms with Gasteiger partial charge in [-0.3, -0.25) is 4.79 Å². The number of amides is 1. The average molecular weight is 480 g/mol. The number of nitrogens with zero attached hydrogens (tertiary/aromatic N) is 5. The van der Waals surface area contributed by atoms with E-state index in [1.807, 2.05) is 24.4 Å². The van der Waals surface area contributed by atoms with Crippen molar-refractivity contribution in [2.24, 2.45) is 0 Å². The minimum Gasteiger partial charge on any atom is -0.377 e. The summed E-state index contributed by atoms with van der Waals surface area (Å²) >= 11 is 0. The second kappa shape index (κ2) is 8.58. The molecule has 182 valence electrons. The van der Waals surface area contributed by atoms with E-state index < -0.39 is 12.2 Å². The number of pyridine rings is 1. The van der Waals surface area contributed by atoms with Crippen molar-refractivity contribution in [2.75, 3.05) is 32.7 Å². The number of hydrogen-bond donors (Lipinski definition) is 2. The summed E-state index contributed by atoms with van der Waals surface area (Å²) in [4.78, 5) is 22.4. The van der Waals surface area contributed by atoms with Crippen LogP contribution in [0.5, 0.6) is 0 Å². The van der Waals surface area contributed by atoms with Crippen LogP contribution in [-0.4, -0.2) is 75.7 Å². The highest BCUT2D eigenvalue weighted by molar-refractivity contribution is 6.01. The number of methoxy groups -OCH3 is 1. The molecule has 6 rings (SSSR count). The fourth-order valence-corrected chi connectivity index (χ4v) is 4.85. The molecular weight excluding hydrogens is 453 g/mol. The number of anilines is 1. The monoisotopic (exact) mass is 479 g/mol. The van der Waals surface area contributed by atoms with Crippen molar-refractivity contribution in [1.29, 1.82) is 0 Å². The van der Waals surface area contributed by atoms with Gasteiger partial charge in [0, 0.05) is 43.6 Å². The zero-order valence-corrected chi connectivity index (χ0v) is 19.4. The minimum atomic E-state index is -1.01. The standard InChI is InChI=1S/C24H26FN7O3/c1-26-21-8-18(29-23-14(9-28-32(21)23)24(33)30-17-6-5-16(17)25)15-10-31(19-11-35-12-20(19)34-2)22-13(15)4-3-7-27-22/h3-4,7-10,16-17,19-20,26H,5-6,11-12H2,1-2H3,(H,30,33)/t16-,17?,19+,20+/m1/s1. The molecule has 1 amide bonds. The van der Waals surface area contributed by atoms with E-state index in [0.29, 0.717) is 48.8 Å². The van der Waals surface area contributed by atoms with Crippen LogP contribution >= 0.6 is 0 Å². The van der Waals surface area contributed by atoms with E-state index in [1.54, 1.807) is 24.9 Å². The average Bonchev–Trinajstić information content (AvgIpc) is 3.61. The second-order valence-corrected chi connectivity index (χ2v) is 8.95. The van der Waals surface area contributed by atoms with Crippen molar-refractivity contribution in [2.45, 2.75) is 37.2 Å². The molecule has 2 aliphatic rings. The fraction of sp³-hybridized carbons (Fsp3) is 0.417. The van der Waals surface area contributed by atoms with Crippen LogP contribution in [0.3, 0.4) is 0 Å². The van der Waals surface area contributed by atoms with Gasteiger partial charge >= 0.3 is 0 Å². The number of hydrogen-bond acceptors (Lipinski definition) is 7. The smallest absolute Gasteiger partial charge is 0.257 e. The number of rotatable bonds is 6. The van der Waals surface area contributed by atoms with E-state index >= 15 is 0 Å². The molecule has 2 fully saturated rings. The van der Waals surface area contributed by atoms with Crippen molar-refractivity contribution in [3.63, 3.8) is 0 Å². The summed E-state index contributed by atoms with van der Waals surface area (Å²) in [5.41, 5.74) is 3.02. The van der Waals surface area contributed by atoms with Crippen LogP contribution in [0.15, 0.2) is 36.8 Å². The fourth-order valence-electron chi connectivity index (χ4n) is 4.85. The molecule has 11 heteroatoms. The van der Waals surface area contributed by atoms with Crippen molar-refractivity contribution in [1.82, 2.24) is 29.5 Å². The van der Waals surface area contributed by atoms with E-state index in [1.165, 1.54) is 6.20 Å². The molecule has 1 unspecified atom stereocenters. The van der Waals surface area contributed by atoms with Gasteiger partial charge in [0.15, 0.2) is 5.65 Å². The zero-order valence-electron chi connectivity index (χ0n) is 19.4. The Morgan fingerprint density at radius 2 is 2.17 bits per heavy atom. The van der Waals surface area contributed by atoms with E-state index in [0.717, 1.165) is 16.6 Å². The van der Waals surface area contributed by atoms with Crippen molar-refractivity contribution < 1.29 is 18.7 Å². The predicted octanol–water partition coefficient (Wildman–Crippen LogP) is 2.60. The molecule has 1 saturated carbocycles. The zero-order chi connectivity index (χ0) is 24.1. The topological polar surface area (TPSA) is 108 Å². The molecule has 0 aromatic carbocycles. The minimum absolute atomic E-state index is 0.0221. The summed E-state index contributed by atoms with van der Waals surface area (Å²) in [6.45, 7) is 1.04. The quantitative estimate of drug-likeness (QED) is 0.438. The van der Waals surface area contributed by atoms with Crippen LogP contribution in [0, 0.1) is 0 Å². The highest BCUT2D eigenvalue weighted by Crippen LogP contribution is 2.35. The van der Waals surface area contributed by atoms with Crippen LogP contribution in [-0.2, 0) is 9.47 Å². The number of ether oxygens (including phenoxy) is 2. The van der Waals surface area contributed by atoms with Crippen LogP contribution < -0.4 is 10.6 Å². The number of halogens is 1. The lowest BCUT2D eigenvalue weighted by molar-refractivity contribution is 0.0692. The highest BCUT2D eigenvalue weighted by Gasteiger charge is 2.34. The van der Waals surface area contributed by atoms with Crippen LogP contribution in [0.4, 0.5) is 10.2 Å². The Hall–Kier alpha value is -3.57. The summed E-state index contributed by atoms with van der Waals surface area (Å²) in [7, 11) is 3.47. The largest absolute Gasteiger partial charge is 0.377 e. The Morgan fingerprint density at radius 3 is 2.91 bits per heavy atom. The summed E-state index contributed by atoms with van der Waals surface area (Å²) in [5, 5.41) is 11.2. The van der Waals surface area contributed by atoms with Gasteiger partial charge in [0.2, 0.25) is 0 Å². The first-order valence-corrected chi connectivity index (χ1v) is 11.7. The molecule has 35 heavy (non-hydrogen) atoms. The van der Waals surface area contributed by atoms with Gasteiger partial charge in [-0.25, -0.2) is 14.4 Å². The van der Waals surface area contributed by atoms with E-state index in [4.69, 9.17) is 14.5 Å². The predicted molar refractivity (Wildman–Crippen MR) is 127 cm³/mol. The number of alkyl halides is 1. The molecular formula is C24H26FN7O3. The third-order valence-electron chi connectivity index (χ3n) is 7.00. The van der Waals surface area contributed by atoms with Crippen molar-refractivity contribution >= 4 is 28.4 Å². The molecule has 4 aromatic heterocycles. The van der Waals surface area contributed by atoms with Gasteiger partial charge in [-0.1, -0.05) is 0 Å². The molecule has 0 bridgehead atoms. The lowest BCUT2D eigenvalue weighted by Gasteiger charge is -2.30. The number of aromatic nitrogens is 5. The third kappa shape index (κ3) is 3.53. The molecule has 1 aliphatic carbocycles. The maximum atomic E-state index is 13.7. The van der Waals surface area contributed by atoms with Crippen LogP contribution in [0.2, 0.25) is 0 Å². The summed E-state index contributed by atoms with van der Waals surface area (Å²) < 4.78 is 28.7. The lowest BCUT2D eigenvalue weighted by atomic mass is 9.90. The first-order chi connectivity index (χ1) is 17.1. The van der Waals surface area contributed by atoms with Crippen molar-refractivity contribution in [3.8, 4) is 11.3 Å². The maximum Gasteiger partial charge on any atom is 0.257 e. The number of fused-ring (bicyclic) bond motifs is 2. The first kappa shape index (κ1) is 21.9. The van der Waals surface area contributed by atoms with Crippen LogP contribution in [0.25, 0.3) is 27.9 Å². The molecule has 10 nitrogen and oxygen atoms in total. The normalized spacial score (nSPS) is 24.1. The van der Waals surface area contributed by atoms with Gasteiger partial charge in [-0.05, 0) is 25.0 Å². The Kier molecular flexibility index (Phi) is 5.37. The highest BCUT2D eigenvalue weighted by atomic mass is 19.1. The van der Waals surface area contributed by atoms with E-state index in [9.17, 15) is 9.18 Å². The molecule has 0 radical (unpaired) electrons. The molecule has 2 N–H and O–H groups in total. The van der Waals surface area contributed by atoms with E-state index in [-0.39, 0.29) is 18.1 Å². The summed E-state index contributed by atoms with van der Waals surface area (Å²) in [6, 6.07) is 5.28. The second-order valence-electron chi connectivity index (χ2n) is 8.95. The number of nitrogens with one attached hydrogen (secondary N) is 2. The van der Waals surface area contributed by atoms with Crippen molar-refractivity contribution in [3.05, 3.63) is 42.4 Å². The summed E-state index contributed by atoms with van der Waals surface area (Å²) in [5.74, 6) is 0.286. The van der Waals surface area contributed by atoms with Gasteiger partial charge in [0.25, 0.3) is 5.91 Å². The van der Waals surface area contributed by atoms with Gasteiger partial charge in [-0.2, -0.15) is 9.61 Å². The molecule has 5 heterocycles. The van der Waals surface area contributed by atoms with Gasteiger partial charge in [-0.15, -0.1) is 0 Å². The summed E-state index contributed by atoms with van der Waals surface area (Å²) in [6.07, 6.45) is 5.25. The SMILES string of the molecule is CNc1cc(-c2cn([C@H]3COC[C@@H]3OC)c3ncccc23)nc2c(C(=O)NC3CC[C@H]3F)cnn12. The van der Waals surface area contributed by atoms with E-state index in [2.05, 4.69) is 25.3 Å². The molecule has 1 aliphatic heterocycles. The third-order valence-corrected chi connectivity index (χ3v) is 7.00. The Balaban J connectivity index is 1.47. The first-order valence-electron chi connectivity index (χ1n) is 11.7. The molecule has 0 spiro atoms. The molecule has 1 saturated heterocycles. The Bertz CT molecular complexity index is 1420. The van der Waals surface area contributed by atoms with Gasteiger partial charge in [0.1, 0.15) is 29.3 Å². The number of carbonyl (C=O) groups is 1. The lowest BCUT2D eigenvalue weighted by Crippen LogP contribution is -2.48. The number of carbonyl (C=O) groups excluding carboxylic acids is 1. The van der Waals surface area contributed by atoms with Crippen LogP contribution in [0.1, 0.15) is 29.2 Å². The molecule has 4 aromatic rings. The van der Waals surface area contributed by atoms with Gasteiger partial charge < -0.3 is 24.7 Å². The Morgan fingerprint density at radius 1 is 1.29 bits per heavy atom. The Labute approximate surface area is 200 Å².